The second-order valence-corrected chi connectivity index (χ2v) is 5.11. The molecule has 0 aliphatic heterocycles. The first-order chi connectivity index (χ1) is 7.65. The predicted octanol–water partition coefficient (Wildman–Crippen LogP) is 2.56. The van der Waals surface area contributed by atoms with E-state index in [1.165, 1.54) is 5.56 Å². The van der Waals surface area contributed by atoms with Crippen LogP contribution in [-0.4, -0.2) is 23.8 Å². The van der Waals surface area contributed by atoms with E-state index in [-0.39, 0.29) is 6.10 Å². The lowest BCUT2D eigenvalue weighted by atomic mass is 9.76. The van der Waals surface area contributed by atoms with Gasteiger partial charge < -0.3 is 10.4 Å². The van der Waals surface area contributed by atoms with Gasteiger partial charge in [-0.05, 0) is 43.4 Å². The molecule has 1 saturated carbocycles. The Labute approximate surface area is 102 Å². The third kappa shape index (κ3) is 2.97. The first kappa shape index (κ1) is 11.9. The molecule has 1 aromatic rings. The molecule has 0 aromatic heterocycles. The molecule has 1 aliphatic rings. The van der Waals surface area contributed by atoms with E-state index in [9.17, 15) is 0 Å². The molecule has 1 unspecified atom stereocenters. The van der Waals surface area contributed by atoms with Gasteiger partial charge in [-0.1, -0.05) is 23.7 Å². The highest BCUT2D eigenvalue weighted by Crippen LogP contribution is 2.37. The van der Waals surface area contributed by atoms with Crippen molar-refractivity contribution < 1.29 is 5.11 Å². The highest BCUT2D eigenvalue weighted by atomic mass is 35.5. The van der Waals surface area contributed by atoms with Crippen molar-refractivity contribution in [2.24, 2.45) is 0 Å². The highest BCUT2D eigenvalue weighted by molar-refractivity contribution is 6.30. The molecule has 3 heteroatoms. The number of nitrogens with one attached hydrogen (secondary N) is 1. The maximum atomic E-state index is 9.16. The van der Waals surface area contributed by atoms with Crippen LogP contribution in [0.25, 0.3) is 0 Å². The van der Waals surface area contributed by atoms with Crippen molar-refractivity contribution >= 4 is 11.6 Å². The second kappa shape index (κ2) is 5.17. The van der Waals surface area contributed by atoms with Crippen LogP contribution in [0.2, 0.25) is 5.02 Å². The fourth-order valence-corrected chi connectivity index (χ4v) is 2.35. The van der Waals surface area contributed by atoms with E-state index in [2.05, 4.69) is 17.4 Å². The number of halogens is 1. The van der Waals surface area contributed by atoms with Crippen molar-refractivity contribution in [3.8, 4) is 0 Å². The van der Waals surface area contributed by atoms with Gasteiger partial charge >= 0.3 is 0 Å². The van der Waals surface area contributed by atoms with Gasteiger partial charge in [-0.15, -0.1) is 0 Å². The topological polar surface area (TPSA) is 32.3 Å². The Bertz CT molecular complexity index is 348. The molecular formula is C13H18ClNO. The fourth-order valence-electron chi connectivity index (χ4n) is 2.15. The largest absolute Gasteiger partial charge is 0.392 e. The van der Waals surface area contributed by atoms with E-state index in [0.29, 0.717) is 18.5 Å². The van der Waals surface area contributed by atoms with Gasteiger partial charge in [0, 0.05) is 17.6 Å². The molecule has 1 aromatic carbocycles. The summed E-state index contributed by atoms with van der Waals surface area (Å²) in [5, 5.41) is 13.3. The molecule has 0 amide bonds. The predicted molar refractivity (Wildman–Crippen MR) is 66.9 cm³/mol. The number of benzene rings is 1. The van der Waals surface area contributed by atoms with Crippen LogP contribution < -0.4 is 5.32 Å². The first-order valence-electron chi connectivity index (χ1n) is 5.82. The standard InChI is InChI=1S/C13H18ClNO/c1-9(16)8-15-13-6-11(7-13)10-3-2-4-12(14)5-10/h2-5,9,11,13,15-16H,6-8H2,1H3. The van der Waals surface area contributed by atoms with Crippen LogP contribution >= 0.6 is 11.6 Å². The summed E-state index contributed by atoms with van der Waals surface area (Å²) in [6.45, 7) is 2.49. The Morgan fingerprint density at radius 2 is 2.25 bits per heavy atom. The molecule has 0 bridgehead atoms. The zero-order valence-corrected chi connectivity index (χ0v) is 10.2. The first-order valence-corrected chi connectivity index (χ1v) is 6.20. The Morgan fingerprint density at radius 3 is 2.88 bits per heavy atom. The molecular weight excluding hydrogens is 222 g/mol. The molecule has 1 atom stereocenters. The van der Waals surface area contributed by atoms with Crippen LogP contribution in [0.5, 0.6) is 0 Å². The quantitative estimate of drug-likeness (QED) is 0.847. The summed E-state index contributed by atoms with van der Waals surface area (Å²) in [5.74, 6) is 0.630. The molecule has 0 saturated heterocycles. The van der Waals surface area contributed by atoms with Crippen LogP contribution in [0, 0.1) is 0 Å². The van der Waals surface area contributed by atoms with Crippen molar-refractivity contribution in [2.45, 2.75) is 37.8 Å². The molecule has 2 nitrogen and oxygen atoms in total. The van der Waals surface area contributed by atoms with Crippen molar-refractivity contribution in [3.63, 3.8) is 0 Å². The smallest absolute Gasteiger partial charge is 0.0636 e. The van der Waals surface area contributed by atoms with Crippen LogP contribution in [0.3, 0.4) is 0 Å². The molecule has 0 spiro atoms. The van der Waals surface area contributed by atoms with Gasteiger partial charge in [-0.3, -0.25) is 0 Å². The highest BCUT2D eigenvalue weighted by Gasteiger charge is 2.29. The summed E-state index contributed by atoms with van der Waals surface area (Å²) in [6, 6.07) is 8.67. The molecule has 0 heterocycles. The molecule has 2 N–H and O–H groups in total. The normalized spacial score (nSPS) is 26.2. The van der Waals surface area contributed by atoms with E-state index in [1.807, 2.05) is 12.1 Å². The maximum absolute atomic E-state index is 9.16. The SMILES string of the molecule is CC(O)CNC1CC(c2cccc(Cl)c2)C1. The lowest BCUT2D eigenvalue weighted by Gasteiger charge is -2.36. The van der Waals surface area contributed by atoms with E-state index in [1.54, 1.807) is 6.92 Å². The number of aliphatic hydroxyl groups is 1. The molecule has 16 heavy (non-hydrogen) atoms. The number of hydrogen-bond acceptors (Lipinski definition) is 2. The average molecular weight is 240 g/mol. The van der Waals surface area contributed by atoms with E-state index >= 15 is 0 Å². The van der Waals surface area contributed by atoms with Gasteiger partial charge in [0.1, 0.15) is 0 Å². The molecule has 1 aliphatic carbocycles. The summed E-state index contributed by atoms with van der Waals surface area (Å²) in [4.78, 5) is 0. The molecule has 2 rings (SSSR count). The molecule has 88 valence electrons. The van der Waals surface area contributed by atoms with E-state index < -0.39 is 0 Å². The van der Waals surface area contributed by atoms with Gasteiger partial charge in [0.2, 0.25) is 0 Å². The number of rotatable bonds is 4. The minimum Gasteiger partial charge on any atom is -0.392 e. The second-order valence-electron chi connectivity index (χ2n) is 4.68. The zero-order chi connectivity index (χ0) is 11.5. The van der Waals surface area contributed by atoms with E-state index in [4.69, 9.17) is 16.7 Å². The fraction of sp³-hybridized carbons (Fsp3) is 0.538. The number of aliphatic hydroxyl groups excluding tert-OH is 1. The third-order valence-corrected chi connectivity index (χ3v) is 3.40. The lowest BCUT2D eigenvalue weighted by Crippen LogP contribution is -2.42. The Kier molecular flexibility index (Phi) is 3.85. The maximum Gasteiger partial charge on any atom is 0.0636 e. The molecule has 0 radical (unpaired) electrons. The van der Waals surface area contributed by atoms with Crippen LogP contribution in [-0.2, 0) is 0 Å². The molecule has 1 fully saturated rings. The minimum absolute atomic E-state index is 0.259. The van der Waals surface area contributed by atoms with Crippen LogP contribution in [0.1, 0.15) is 31.2 Å². The minimum atomic E-state index is -0.259. The van der Waals surface area contributed by atoms with Crippen LogP contribution in [0.4, 0.5) is 0 Å². The zero-order valence-electron chi connectivity index (χ0n) is 9.49. The van der Waals surface area contributed by atoms with Crippen molar-refractivity contribution in [1.29, 1.82) is 0 Å². The lowest BCUT2D eigenvalue weighted by molar-refractivity contribution is 0.171. The van der Waals surface area contributed by atoms with Crippen molar-refractivity contribution in [3.05, 3.63) is 34.9 Å². The van der Waals surface area contributed by atoms with Gasteiger partial charge in [-0.2, -0.15) is 0 Å². The Hall–Kier alpha value is -0.570. The summed E-state index contributed by atoms with van der Waals surface area (Å²) >= 11 is 5.96. The summed E-state index contributed by atoms with van der Waals surface area (Å²) in [6.07, 6.45) is 2.03. The monoisotopic (exact) mass is 239 g/mol. The van der Waals surface area contributed by atoms with Crippen LogP contribution in [0.15, 0.2) is 24.3 Å². The summed E-state index contributed by atoms with van der Waals surface area (Å²) < 4.78 is 0. The van der Waals surface area contributed by atoms with Gasteiger partial charge in [0.15, 0.2) is 0 Å². The van der Waals surface area contributed by atoms with Gasteiger partial charge in [-0.25, -0.2) is 0 Å². The van der Waals surface area contributed by atoms with Crippen molar-refractivity contribution in [1.82, 2.24) is 5.32 Å². The Balaban J connectivity index is 1.80. The average Bonchev–Trinajstić information content (AvgIpc) is 2.14. The Morgan fingerprint density at radius 1 is 1.50 bits per heavy atom. The number of hydrogen-bond donors (Lipinski definition) is 2. The van der Waals surface area contributed by atoms with Gasteiger partial charge in [0.05, 0.1) is 6.10 Å². The third-order valence-electron chi connectivity index (χ3n) is 3.16. The summed E-state index contributed by atoms with van der Waals surface area (Å²) in [5.41, 5.74) is 1.34. The summed E-state index contributed by atoms with van der Waals surface area (Å²) in [7, 11) is 0. The van der Waals surface area contributed by atoms with Gasteiger partial charge in [0.25, 0.3) is 0 Å². The van der Waals surface area contributed by atoms with E-state index in [0.717, 1.165) is 17.9 Å². The van der Waals surface area contributed by atoms with Crippen molar-refractivity contribution in [2.75, 3.05) is 6.54 Å².